The molecule has 1 aliphatic rings. The van der Waals surface area contributed by atoms with E-state index in [2.05, 4.69) is 10.6 Å². The molecule has 3 N–H and O–H groups in total. The van der Waals surface area contributed by atoms with E-state index >= 15 is 0 Å². The second kappa shape index (κ2) is 3.93. The molecule has 5 heteroatoms. The lowest BCUT2D eigenvalue weighted by Crippen LogP contribution is -2.46. The summed E-state index contributed by atoms with van der Waals surface area (Å²) in [7, 11) is 3.51. The molecule has 1 fully saturated rings. The number of β-amino-alcohol motifs (C(OH)–C–C–N with tert-alkyl or cyclic N) is 1. The molecule has 1 unspecified atom stereocenters. The van der Waals surface area contributed by atoms with E-state index in [0.29, 0.717) is 19.5 Å². The number of rotatable bonds is 2. The Balaban J connectivity index is 2.31. The Labute approximate surface area is 78.1 Å². The van der Waals surface area contributed by atoms with Crippen LogP contribution in [-0.4, -0.2) is 55.4 Å². The summed E-state index contributed by atoms with van der Waals surface area (Å²) in [5.41, 5.74) is -0.749. The maximum absolute atomic E-state index is 10.8. The van der Waals surface area contributed by atoms with Gasteiger partial charge < -0.3 is 20.6 Å². The molecule has 1 aliphatic heterocycles. The lowest BCUT2D eigenvalue weighted by Gasteiger charge is -2.22. The highest BCUT2D eigenvalue weighted by atomic mass is 16.3. The summed E-state index contributed by atoms with van der Waals surface area (Å²) in [5, 5.41) is 15.0. The summed E-state index contributed by atoms with van der Waals surface area (Å²) in [5.74, 6) is 0. The van der Waals surface area contributed by atoms with Gasteiger partial charge in [-0.3, -0.25) is 0 Å². The van der Waals surface area contributed by atoms with Crippen LogP contribution in [-0.2, 0) is 0 Å². The van der Waals surface area contributed by atoms with E-state index in [0.717, 1.165) is 6.54 Å². The molecular weight excluding hydrogens is 170 g/mol. The highest BCUT2D eigenvalue weighted by Crippen LogP contribution is 2.18. The Bertz CT molecular complexity index is 198. The van der Waals surface area contributed by atoms with Crippen molar-refractivity contribution in [2.24, 2.45) is 0 Å². The van der Waals surface area contributed by atoms with Gasteiger partial charge in [-0.05, 0) is 13.5 Å². The first-order chi connectivity index (χ1) is 6.06. The minimum Gasteiger partial charge on any atom is -0.387 e. The molecule has 13 heavy (non-hydrogen) atoms. The number of hydrogen-bond acceptors (Lipinski definition) is 3. The lowest BCUT2D eigenvalue weighted by molar-refractivity contribution is 0.0542. The molecule has 0 aromatic carbocycles. The molecule has 0 saturated carbocycles. The fourth-order valence-corrected chi connectivity index (χ4v) is 1.54. The van der Waals surface area contributed by atoms with E-state index in [1.807, 2.05) is 11.9 Å². The molecule has 1 atom stereocenters. The second-order valence-electron chi connectivity index (χ2n) is 3.64. The molecule has 0 aromatic rings. The van der Waals surface area contributed by atoms with Gasteiger partial charge in [0.25, 0.3) is 0 Å². The number of hydrogen-bond donors (Lipinski definition) is 3. The van der Waals surface area contributed by atoms with Crippen LogP contribution in [0.4, 0.5) is 4.79 Å². The van der Waals surface area contributed by atoms with E-state index in [-0.39, 0.29) is 6.03 Å². The van der Waals surface area contributed by atoms with Gasteiger partial charge in [0.05, 0.1) is 5.60 Å². The predicted molar refractivity (Wildman–Crippen MR) is 49.5 cm³/mol. The largest absolute Gasteiger partial charge is 0.387 e. The zero-order valence-corrected chi connectivity index (χ0v) is 8.13. The number of carbonyl (C=O) groups excluding carboxylic acids is 1. The quantitative estimate of drug-likeness (QED) is 0.518. The minimum absolute atomic E-state index is 0.247. The number of carbonyl (C=O) groups is 1. The van der Waals surface area contributed by atoms with Crippen molar-refractivity contribution in [3.63, 3.8) is 0 Å². The van der Waals surface area contributed by atoms with E-state index < -0.39 is 5.60 Å². The zero-order chi connectivity index (χ0) is 9.90. The molecule has 0 spiro atoms. The normalized spacial score (nSPS) is 28.8. The van der Waals surface area contributed by atoms with Crippen molar-refractivity contribution in [3.05, 3.63) is 0 Å². The third kappa shape index (κ3) is 2.86. The molecular formula is C8H17N3O2. The monoisotopic (exact) mass is 187 g/mol. The smallest absolute Gasteiger partial charge is 0.314 e. The number of nitrogens with zero attached hydrogens (tertiary/aromatic N) is 1. The Hall–Kier alpha value is -0.810. The van der Waals surface area contributed by atoms with Gasteiger partial charge in [0.15, 0.2) is 0 Å². The molecule has 1 saturated heterocycles. The topological polar surface area (TPSA) is 64.6 Å². The summed E-state index contributed by atoms with van der Waals surface area (Å²) < 4.78 is 0. The SMILES string of the molecule is CNC(=O)NCC1(O)CCN(C)C1. The van der Waals surface area contributed by atoms with Crippen LogP contribution in [0, 0.1) is 0 Å². The Morgan fingerprint density at radius 2 is 2.38 bits per heavy atom. The first-order valence-electron chi connectivity index (χ1n) is 4.42. The average Bonchev–Trinajstić information content (AvgIpc) is 2.43. The zero-order valence-electron chi connectivity index (χ0n) is 8.13. The van der Waals surface area contributed by atoms with Gasteiger partial charge in [-0.1, -0.05) is 0 Å². The van der Waals surface area contributed by atoms with Crippen molar-refractivity contribution in [1.29, 1.82) is 0 Å². The summed E-state index contributed by atoms with van der Waals surface area (Å²) in [4.78, 5) is 12.9. The van der Waals surface area contributed by atoms with Gasteiger partial charge >= 0.3 is 6.03 Å². The molecule has 0 aliphatic carbocycles. The predicted octanol–water partition coefficient (Wildman–Crippen LogP) is -1.02. The van der Waals surface area contributed by atoms with Crippen LogP contribution in [0.1, 0.15) is 6.42 Å². The number of likely N-dealkylation sites (tertiary alicyclic amines) is 1. The standard InChI is InChI=1S/C8H17N3O2/c1-9-7(12)10-5-8(13)3-4-11(2)6-8/h13H,3-6H2,1-2H3,(H2,9,10,12). The Morgan fingerprint density at radius 3 is 2.85 bits per heavy atom. The van der Waals surface area contributed by atoms with Crippen LogP contribution < -0.4 is 10.6 Å². The molecule has 0 bridgehead atoms. The van der Waals surface area contributed by atoms with Crippen molar-refractivity contribution in [2.45, 2.75) is 12.0 Å². The number of amides is 2. The van der Waals surface area contributed by atoms with Crippen LogP contribution in [0.15, 0.2) is 0 Å². The maximum atomic E-state index is 10.8. The molecule has 5 nitrogen and oxygen atoms in total. The minimum atomic E-state index is -0.749. The lowest BCUT2D eigenvalue weighted by atomic mass is 10.0. The maximum Gasteiger partial charge on any atom is 0.314 e. The van der Waals surface area contributed by atoms with Gasteiger partial charge in [0.1, 0.15) is 0 Å². The first-order valence-corrected chi connectivity index (χ1v) is 4.42. The van der Waals surface area contributed by atoms with Crippen molar-refractivity contribution < 1.29 is 9.90 Å². The number of aliphatic hydroxyl groups is 1. The van der Waals surface area contributed by atoms with Gasteiger partial charge in [-0.2, -0.15) is 0 Å². The Morgan fingerprint density at radius 1 is 1.69 bits per heavy atom. The highest BCUT2D eigenvalue weighted by molar-refractivity contribution is 5.73. The number of nitrogens with one attached hydrogen (secondary N) is 2. The highest BCUT2D eigenvalue weighted by Gasteiger charge is 2.34. The van der Waals surface area contributed by atoms with Crippen LogP contribution in [0.25, 0.3) is 0 Å². The summed E-state index contributed by atoms with van der Waals surface area (Å²) >= 11 is 0. The molecule has 2 amide bonds. The first kappa shape index (κ1) is 10.3. The van der Waals surface area contributed by atoms with E-state index in [1.165, 1.54) is 0 Å². The average molecular weight is 187 g/mol. The molecule has 76 valence electrons. The summed E-state index contributed by atoms with van der Waals surface area (Å²) in [6, 6.07) is -0.247. The third-order valence-corrected chi connectivity index (χ3v) is 2.33. The van der Waals surface area contributed by atoms with Crippen LogP contribution in [0.3, 0.4) is 0 Å². The van der Waals surface area contributed by atoms with Gasteiger partial charge in [-0.25, -0.2) is 4.79 Å². The van der Waals surface area contributed by atoms with Gasteiger partial charge in [0.2, 0.25) is 0 Å². The second-order valence-corrected chi connectivity index (χ2v) is 3.64. The van der Waals surface area contributed by atoms with E-state index in [1.54, 1.807) is 7.05 Å². The van der Waals surface area contributed by atoms with Crippen molar-refractivity contribution >= 4 is 6.03 Å². The Kier molecular flexibility index (Phi) is 3.11. The summed E-state index contributed by atoms with van der Waals surface area (Å²) in [6.07, 6.45) is 0.716. The van der Waals surface area contributed by atoms with Gasteiger partial charge in [0, 0.05) is 26.7 Å². The van der Waals surface area contributed by atoms with E-state index in [4.69, 9.17) is 0 Å². The number of likely N-dealkylation sites (N-methyl/N-ethyl adjacent to an activating group) is 1. The molecule has 1 heterocycles. The van der Waals surface area contributed by atoms with Crippen molar-refractivity contribution in [3.8, 4) is 0 Å². The van der Waals surface area contributed by atoms with Crippen molar-refractivity contribution in [2.75, 3.05) is 33.7 Å². The molecule has 0 radical (unpaired) electrons. The third-order valence-electron chi connectivity index (χ3n) is 2.33. The van der Waals surface area contributed by atoms with Crippen LogP contribution >= 0.6 is 0 Å². The van der Waals surface area contributed by atoms with Crippen LogP contribution in [0.5, 0.6) is 0 Å². The molecule has 1 rings (SSSR count). The van der Waals surface area contributed by atoms with Crippen LogP contribution in [0.2, 0.25) is 0 Å². The molecule has 0 aromatic heterocycles. The van der Waals surface area contributed by atoms with Crippen molar-refractivity contribution in [1.82, 2.24) is 15.5 Å². The van der Waals surface area contributed by atoms with Gasteiger partial charge in [-0.15, -0.1) is 0 Å². The summed E-state index contributed by atoms with van der Waals surface area (Å²) in [6.45, 7) is 1.82. The fourth-order valence-electron chi connectivity index (χ4n) is 1.54. The number of urea groups is 1. The fraction of sp³-hybridized carbons (Fsp3) is 0.875. The van der Waals surface area contributed by atoms with E-state index in [9.17, 15) is 9.90 Å².